The van der Waals surface area contributed by atoms with E-state index < -0.39 is 75.2 Å². The van der Waals surface area contributed by atoms with Crippen molar-refractivity contribution in [3.05, 3.63) is 90.1 Å². The molecule has 3 aromatic rings. The Kier molecular flexibility index (Phi) is 15.5. The molecule has 5 N–H and O–H groups in total. The van der Waals surface area contributed by atoms with E-state index in [-0.39, 0.29) is 12.8 Å². The molecule has 0 unspecified atom stereocenters. The first-order valence-corrected chi connectivity index (χ1v) is 18.9. The number of amides is 4. The number of benzene rings is 2. The average Bonchev–Trinajstić information content (AvgIpc) is 3.12. The summed E-state index contributed by atoms with van der Waals surface area (Å²) in [4.78, 5) is 56.8. The molecule has 6 atom stereocenters. The zero-order valence-corrected chi connectivity index (χ0v) is 32.5. The molecule has 0 spiro atoms. The summed E-state index contributed by atoms with van der Waals surface area (Å²) in [6.07, 6.45) is 0.750. The molecule has 0 saturated carbocycles. The Morgan fingerprint density at radius 2 is 1.28 bits per heavy atom. The van der Waals surface area contributed by atoms with Crippen LogP contribution in [0.4, 0.5) is 9.59 Å². The number of alkyl carbamates (subject to hydrolysis) is 2. The van der Waals surface area contributed by atoms with E-state index in [9.17, 15) is 28.5 Å². The number of hydrogen-bond acceptors (Lipinski definition) is 9. The highest BCUT2D eigenvalue weighted by Gasteiger charge is 2.42. The smallest absolute Gasteiger partial charge is 0.407 e. The molecule has 3 rings (SSSR count). The van der Waals surface area contributed by atoms with Crippen LogP contribution < -0.4 is 21.3 Å². The van der Waals surface area contributed by atoms with Gasteiger partial charge in [-0.25, -0.2) is 9.59 Å². The average molecular weight is 752 g/mol. The number of carbonyl (C=O) groups is 4. The van der Waals surface area contributed by atoms with E-state index in [4.69, 9.17) is 9.47 Å². The Hall–Kier alpha value is -4.82. The third-order valence-corrected chi connectivity index (χ3v) is 10.8. The number of ether oxygens (including phenoxy) is 2. The van der Waals surface area contributed by atoms with E-state index in [1.54, 1.807) is 20.0 Å². The molecular weight excluding hydrogens is 699 g/mol. The van der Waals surface area contributed by atoms with Gasteiger partial charge in [0.15, 0.2) is 0 Å². The Morgan fingerprint density at radius 3 is 1.81 bits per heavy atom. The van der Waals surface area contributed by atoms with Crippen LogP contribution in [0.5, 0.6) is 0 Å². The van der Waals surface area contributed by atoms with Crippen LogP contribution in [0.3, 0.4) is 0 Å². The number of nitrogens with zero attached hydrogens (tertiary/aromatic N) is 1. The molecular formula is C39H53N5O8S. The Balaban J connectivity index is 1.99. The van der Waals surface area contributed by atoms with E-state index in [1.807, 2.05) is 93.6 Å². The van der Waals surface area contributed by atoms with Crippen LogP contribution in [-0.4, -0.2) is 93.8 Å². The van der Waals surface area contributed by atoms with E-state index >= 15 is 0 Å². The molecule has 14 heteroatoms. The molecule has 4 amide bonds. The summed E-state index contributed by atoms with van der Waals surface area (Å²) in [7, 11) is 0.813. The van der Waals surface area contributed by atoms with Gasteiger partial charge in [0, 0.05) is 34.9 Å². The van der Waals surface area contributed by atoms with E-state index in [2.05, 4.69) is 26.3 Å². The number of aliphatic hydroxyl groups excluding tert-OH is 1. The van der Waals surface area contributed by atoms with Crippen molar-refractivity contribution in [3.63, 3.8) is 0 Å². The first kappa shape index (κ1) is 42.6. The lowest BCUT2D eigenvalue weighted by molar-refractivity contribution is -0.127. The number of nitrogens with one attached hydrogen (secondary N) is 4. The monoisotopic (exact) mass is 751 g/mol. The van der Waals surface area contributed by atoms with Crippen molar-refractivity contribution < 1.29 is 38.0 Å². The van der Waals surface area contributed by atoms with Crippen molar-refractivity contribution >= 4 is 34.8 Å². The first-order valence-electron chi connectivity index (χ1n) is 17.3. The summed E-state index contributed by atoms with van der Waals surface area (Å²) >= 11 is 0. The quantitative estimate of drug-likeness (QED) is 0.145. The second kappa shape index (κ2) is 19.3. The molecule has 0 aliphatic heterocycles. The summed E-state index contributed by atoms with van der Waals surface area (Å²) in [5.74, 6) is -1.15. The van der Waals surface area contributed by atoms with Gasteiger partial charge in [0.05, 0.1) is 36.8 Å². The molecule has 1 heterocycles. The number of aliphatic hydroxyl groups is 1. The maximum Gasteiger partial charge on any atom is 0.407 e. The number of aromatic nitrogens is 1. The third kappa shape index (κ3) is 12.7. The van der Waals surface area contributed by atoms with Crippen LogP contribution in [0.25, 0.3) is 11.3 Å². The fourth-order valence-corrected chi connectivity index (χ4v) is 6.23. The molecule has 0 radical (unpaired) electrons. The molecule has 0 saturated heterocycles. The Bertz CT molecular complexity index is 1680. The van der Waals surface area contributed by atoms with E-state index in [0.29, 0.717) is 6.42 Å². The zero-order valence-electron chi connectivity index (χ0n) is 31.7. The van der Waals surface area contributed by atoms with Gasteiger partial charge in [-0.3, -0.25) is 18.8 Å². The minimum Gasteiger partial charge on any atom is -0.453 e. The summed E-state index contributed by atoms with van der Waals surface area (Å²) in [5, 5.41) is 23.0. The highest BCUT2D eigenvalue weighted by atomic mass is 32.2. The lowest BCUT2D eigenvalue weighted by atomic mass is 9.85. The highest BCUT2D eigenvalue weighted by molar-refractivity contribution is 7.85. The highest BCUT2D eigenvalue weighted by Crippen LogP contribution is 2.23. The van der Waals surface area contributed by atoms with Crippen LogP contribution in [0.2, 0.25) is 0 Å². The lowest BCUT2D eigenvalue weighted by Crippen LogP contribution is -2.62. The Labute approximate surface area is 314 Å². The molecule has 1 aromatic heterocycles. The molecule has 53 heavy (non-hydrogen) atoms. The summed E-state index contributed by atoms with van der Waals surface area (Å²) in [5.41, 5.74) is 2.67. The topological polar surface area (TPSA) is 185 Å². The normalized spacial score (nSPS) is 15.0. The van der Waals surface area contributed by atoms with Gasteiger partial charge in [0.2, 0.25) is 11.8 Å². The largest absolute Gasteiger partial charge is 0.453 e. The molecule has 0 aliphatic rings. The second-order valence-electron chi connectivity index (χ2n) is 14.5. The standard InChI is InChI=1S/C39H53N5O8S/c1-38(2,3)32(43-36(48)51-6)34(46)41-28(22-26-17-19-27(20-18-26)29-16-12-13-21-40-29)24-31(45)30(23-25-14-10-9-11-15-25)42-35(47)33(44-37(49)52-7)39(4,5)53(8)50/h9-21,28,30-33,45H,22-24H2,1-8H3,(H,41,46)(H,42,47)(H,43,48)(H,44,49)/t28-,30-,31-,32+,33+,53+/m0/s1. The summed E-state index contributed by atoms with van der Waals surface area (Å²) in [6.45, 7) is 8.60. The predicted octanol–water partition coefficient (Wildman–Crippen LogP) is 3.91. The van der Waals surface area contributed by atoms with E-state index in [0.717, 1.165) is 29.5 Å². The van der Waals surface area contributed by atoms with Crippen LogP contribution in [-0.2, 0) is 42.7 Å². The van der Waals surface area contributed by atoms with Crippen molar-refractivity contribution in [2.75, 3.05) is 20.5 Å². The predicted molar refractivity (Wildman–Crippen MR) is 204 cm³/mol. The molecule has 2 aromatic carbocycles. The molecule has 0 bridgehead atoms. The van der Waals surface area contributed by atoms with Crippen molar-refractivity contribution in [1.82, 2.24) is 26.3 Å². The van der Waals surface area contributed by atoms with Crippen LogP contribution >= 0.6 is 0 Å². The maximum absolute atomic E-state index is 13.9. The summed E-state index contributed by atoms with van der Waals surface area (Å²) in [6, 6.07) is 18.7. The second-order valence-corrected chi connectivity index (χ2v) is 16.5. The molecule has 0 fully saturated rings. The van der Waals surface area contributed by atoms with Crippen molar-refractivity contribution in [1.29, 1.82) is 0 Å². The van der Waals surface area contributed by atoms with Crippen molar-refractivity contribution in [2.45, 2.75) is 88.9 Å². The van der Waals surface area contributed by atoms with Crippen molar-refractivity contribution in [3.8, 4) is 11.3 Å². The van der Waals surface area contributed by atoms with Crippen molar-refractivity contribution in [2.24, 2.45) is 5.41 Å². The fourth-order valence-electron chi connectivity index (χ4n) is 5.73. The van der Waals surface area contributed by atoms with Gasteiger partial charge >= 0.3 is 12.2 Å². The van der Waals surface area contributed by atoms with Gasteiger partial charge in [0.1, 0.15) is 12.1 Å². The Morgan fingerprint density at radius 1 is 0.736 bits per heavy atom. The number of carbonyl (C=O) groups excluding carboxylic acids is 4. The van der Waals surface area contributed by atoms with Gasteiger partial charge < -0.3 is 35.8 Å². The number of hydrogen-bond donors (Lipinski definition) is 5. The molecule has 0 aliphatic carbocycles. The zero-order chi connectivity index (χ0) is 39.3. The first-order chi connectivity index (χ1) is 25.0. The van der Waals surface area contributed by atoms with Crippen LogP contribution in [0.1, 0.15) is 52.2 Å². The SMILES string of the molecule is COC(=O)N[C@H](C(=O)N[C@@H](Cc1ccc(-c2ccccn2)cc1)C[C@H](O)[C@H](Cc1ccccc1)NC(=O)[C@@H](NC(=O)OC)C(C)(C)[S@@](C)=O)C(C)(C)C. The molecule has 288 valence electrons. The van der Waals surface area contributed by atoms with Crippen LogP contribution in [0, 0.1) is 5.41 Å². The van der Waals surface area contributed by atoms with Crippen LogP contribution in [0.15, 0.2) is 79.0 Å². The van der Waals surface area contributed by atoms with Gasteiger partial charge in [-0.15, -0.1) is 0 Å². The number of rotatable bonds is 16. The maximum atomic E-state index is 13.9. The van der Waals surface area contributed by atoms with Gasteiger partial charge in [-0.2, -0.15) is 0 Å². The van der Waals surface area contributed by atoms with Gasteiger partial charge in [-0.1, -0.05) is 81.4 Å². The summed E-state index contributed by atoms with van der Waals surface area (Å²) < 4.78 is 21.1. The lowest BCUT2D eigenvalue weighted by Gasteiger charge is -2.35. The van der Waals surface area contributed by atoms with Gasteiger partial charge in [0.25, 0.3) is 0 Å². The van der Waals surface area contributed by atoms with Gasteiger partial charge in [-0.05, 0) is 61.8 Å². The molecule has 13 nitrogen and oxygen atoms in total. The van der Waals surface area contributed by atoms with E-state index in [1.165, 1.54) is 13.4 Å². The number of methoxy groups -OCH3 is 2. The minimum absolute atomic E-state index is 0.0151. The number of pyridine rings is 1. The fraction of sp³-hybridized carbons (Fsp3) is 0.462. The minimum atomic E-state index is -1.56. The third-order valence-electron chi connectivity index (χ3n) is 9.08.